The van der Waals surface area contributed by atoms with Gasteiger partial charge in [-0.2, -0.15) is 0 Å². The Morgan fingerprint density at radius 2 is 2.09 bits per heavy atom. The SMILES string of the molecule is COCCCn1cc(CN(C(=O)[C@H]2CN(C(=O)OC(C)(C)C)CCO2)C2CC2)c2cccnc21. The van der Waals surface area contributed by atoms with Gasteiger partial charge in [-0.15, -0.1) is 0 Å². The number of carbonyl (C=O) groups excluding carboxylic acids is 2. The monoisotopic (exact) mass is 472 g/mol. The van der Waals surface area contributed by atoms with Gasteiger partial charge in [0.15, 0.2) is 6.10 Å². The van der Waals surface area contributed by atoms with Crippen LogP contribution in [0.25, 0.3) is 11.0 Å². The van der Waals surface area contributed by atoms with E-state index in [2.05, 4.69) is 21.8 Å². The van der Waals surface area contributed by atoms with Gasteiger partial charge in [0.2, 0.25) is 0 Å². The average molecular weight is 473 g/mol. The van der Waals surface area contributed by atoms with E-state index < -0.39 is 17.8 Å². The van der Waals surface area contributed by atoms with Gasteiger partial charge in [-0.3, -0.25) is 4.79 Å². The number of pyridine rings is 1. The molecular formula is C25H36N4O5. The zero-order valence-corrected chi connectivity index (χ0v) is 20.7. The molecule has 0 spiro atoms. The highest BCUT2D eigenvalue weighted by molar-refractivity contribution is 5.84. The first-order valence-electron chi connectivity index (χ1n) is 12.1. The minimum Gasteiger partial charge on any atom is -0.444 e. The van der Waals surface area contributed by atoms with Crippen molar-refractivity contribution in [1.29, 1.82) is 0 Å². The van der Waals surface area contributed by atoms with Crippen LogP contribution in [0.5, 0.6) is 0 Å². The predicted molar refractivity (Wildman–Crippen MR) is 127 cm³/mol. The van der Waals surface area contributed by atoms with E-state index in [4.69, 9.17) is 14.2 Å². The van der Waals surface area contributed by atoms with E-state index >= 15 is 0 Å². The van der Waals surface area contributed by atoms with Crippen molar-refractivity contribution in [1.82, 2.24) is 19.4 Å². The molecule has 0 aromatic carbocycles. The van der Waals surface area contributed by atoms with Gasteiger partial charge in [-0.05, 0) is 57.7 Å². The normalized spacial score (nSPS) is 18.8. The highest BCUT2D eigenvalue weighted by atomic mass is 16.6. The third-order valence-electron chi connectivity index (χ3n) is 6.07. The molecule has 0 unspecified atom stereocenters. The Balaban J connectivity index is 1.49. The third-order valence-corrected chi connectivity index (χ3v) is 6.07. The molecule has 1 aliphatic heterocycles. The molecule has 2 aromatic heterocycles. The molecule has 2 aliphatic rings. The Morgan fingerprint density at radius 3 is 2.79 bits per heavy atom. The highest BCUT2D eigenvalue weighted by Crippen LogP contribution is 2.32. The minimum absolute atomic E-state index is 0.0695. The van der Waals surface area contributed by atoms with Gasteiger partial charge in [0.25, 0.3) is 5.91 Å². The highest BCUT2D eigenvalue weighted by Gasteiger charge is 2.39. The molecule has 4 rings (SSSR count). The number of aromatic nitrogens is 2. The Hall–Kier alpha value is -2.65. The summed E-state index contributed by atoms with van der Waals surface area (Å²) in [6.07, 6.45) is 5.66. The molecule has 2 amide bonds. The lowest BCUT2D eigenvalue weighted by Gasteiger charge is -2.35. The summed E-state index contributed by atoms with van der Waals surface area (Å²) in [7, 11) is 1.70. The van der Waals surface area contributed by atoms with Crippen LogP contribution in [0, 0.1) is 0 Å². The molecule has 3 heterocycles. The molecule has 0 N–H and O–H groups in total. The summed E-state index contributed by atoms with van der Waals surface area (Å²) in [4.78, 5) is 34.2. The van der Waals surface area contributed by atoms with E-state index in [0.29, 0.717) is 26.3 Å². The van der Waals surface area contributed by atoms with E-state index in [0.717, 1.165) is 42.4 Å². The number of carbonyl (C=O) groups is 2. The summed E-state index contributed by atoms with van der Waals surface area (Å²) >= 11 is 0. The van der Waals surface area contributed by atoms with Crippen LogP contribution in [0.15, 0.2) is 24.5 Å². The van der Waals surface area contributed by atoms with Gasteiger partial charge in [-0.1, -0.05) is 0 Å². The van der Waals surface area contributed by atoms with Gasteiger partial charge in [0.05, 0.1) is 13.2 Å². The lowest BCUT2D eigenvalue weighted by molar-refractivity contribution is -0.150. The molecule has 1 aliphatic carbocycles. The second-order valence-electron chi connectivity index (χ2n) is 10.1. The number of hydrogen-bond donors (Lipinski definition) is 0. The third kappa shape index (κ3) is 5.88. The van der Waals surface area contributed by atoms with Crippen LogP contribution in [-0.4, -0.2) is 82.5 Å². The maximum absolute atomic E-state index is 13.6. The molecule has 186 valence electrons. The number of ether oxygens (including phenoxy) is 3. The molecule has 34 heavy (non-hydrogen) atoms. The van der Waals surface area contributed by atoms with Crippen molar-refractivity contribution in [2.24, 2.45) is 0 Å². The standard InChI is InChI=1S/C25H36N4O5/c1-25(2,3)34-24(31)28-12-14-33-21(17-28)23(30)29(19-8-9-19)16-18-15-27(11-6-13-32-4)22-20(18)7-5-10-26-22/h5,7,10,15,19,21H,6,8-9,11-14,16-17H2,1-4H3/t21-/m1/s1. The number of methoxy groups -OCH3 is 1. The van der Waals surface area contributed by atoms with E-state index in [1.807, 2.05) is 31.7 Å². The number of aryl methyl sites for hydroxylation is 1. The summed E-state index contributed by atoms with van der Waals surface area (Å²) in [6.45, 7) is 8.43. The summed E-state index contributed by atoms with van der Waals surface area (Å²) in [5, 5.41) is 1.05. The topological polar surface area (TPSA) is 86.1 Å². The first kappa shape index (κ1) is 24.5. The van der Waals surface area contributed by atoms with Crippen molar-refractivity contribution in [2.45, 2.75) is 70.9 Å². The molecule has 9 nitrogen and oxygen atoms in total. The lowest BCUT2D eigenvalue weighted by Crippen LogP contribution is -2.53. The Morgan fingerprint density at radius 1 is 1.29 bits per heavy atom. The largest absolute Gasteiger partial charge is 0.444 e. The Labute approximate surface area is 200 Å². The molecular weight excluding hydrogens is 436 g/mol. The number of fused-ring (bicyclic) bond motifs is 1. The summed E-state index contributed by atoms with van der Waals surface area (Å²) in [6, 6.07) is 4.19. The van der Waals surface area contributed by atoms with Crippen molar-refractivity contribution in [3.63, 3.8) is 0 Å². The van der Waals surface area contributed by atoms with Crippen molar-refractivity contribution < 1.29 is 23.8 Å². The van der Waals surface area contributed by atoms with Crippen LogP contribution in [0.1, 0.15) is 45.6 Å². The van der Waals surface area contributed by atoms with Crippen molar-refractivity contribution in [3.8, 4) is 0 Å². The minimum atomic E-state index is -0.685. The summed E-state index contributed by atoms with van der Waals surface area (Å²) < 4.78 is 18.7. The van der Waals surface area contributed by atoms with Crippen molar-refractivity contribution in [2.75, 3.05) is 33.4 Å². The second-order valence-corrected chi connectivity index (χ2v) is 10.1. The van der Waals surface area contributed by atoms with E-state index in [9.17, 15) is 9.59 Å². The van der Waals surface area contributed by atoms with Crippen molar-refractivity contribution in [3.05, 3.63) is 30.1 Å². The van der Waals surface area contributed by atoms with Crippen LogP contribution in [-0.2, 0) is 32.1 Å². The van der Waals surface area contributed by atoms with Crippen LogP contribution < -0.4 is 0 Å². The summed E-state index contributed by atoms with van der Waals surface area (Å²) in [5.41, 5.74) is 1.41. The van der Waals surface area contributed by atoms with E-state index in [-0.39, 0.29) is 18.5 Å². The molecule has 0 radical (unpaired) electrons. The van der Waals surface area contributed by atoms with Crippen LogP contribution in [0.2, 0.25) is 0 Å². The number of rotatable bonds is 8. The van der Waals surface area contributed by atoms with E-state index in [1.165, 1.54) is 0 Å². The average Bonchev–Trinajstić information content (AvgIpc) is 3.59. The summed E-state index contributed by atoms with van der Waals surface area (Å²) in [5.74, 6) is -0.0695. The van der Waals surface area contributed by atoms with Crippen LogP contribution in [0.4, 0.5) is 4.79 Å². The zero-order chi connectivity index (χ0) is 24.3. The maximum atomic E-state index is 13.6. The molecule has 1 saturated carbocycles. The fourth-order valence-electron chi connectivity index (χ4n) is 4.30. The smallest absolute Gasteiger partial charge is 0.410 e. The van der Waals surface area contributed by atoms with Gasteiger partial charge >= 0.3 is 6.09 Å². The molecule has 0 bridgehead atoms. The number of morpholine rings is 1. The fraction of sp³-hybridized carbons (Fsp3) is 0.640. The predicted octanol–water partition coefficient (Wildman–Crippen LogP) is 3.20. The fourth-order valence-corrected chi connectivity index (χ4v) is 4.30. The Bertz CT molecular complexity index is 1010. The lowest BCUT2D eigenvalue weighted by atomic mass is 10.1. The molecule has 2 aromatic rings. The van der Waals surface area contributed by atoms with Crippen LogP contribution in [0.3, 0.4) is 0 Å². The van der Waals surface area contributed by atoms with E-state index in [1.54, 1.807) is 18.2 Å². The van der Waals surface area contributed by atoms with Crippen molar-refractivity contribution >= 4 is 23.0 Å². The first-order chi connectivity index (χ1) is 16.3. The van der Waals surface area contributed by atoms with Gasteiger partial charge in [0, 0.05) is 57.2 Å². The van der Waals surface area contributed by atoms with Gasteiger partial charge < -0.3 is 28.6 Å². The van der Waals surface area contributed by atoms with Crippen LogP contribution >= 0.6 is 0 Å². The molecule has 1 atom stereocenters. The van der Waals surface area contributed by atoms with Gasteiger partial charge in [0.1, 0.15) is 11.2 Å². The number of hydrogen-bond acceptors (Lipinski definition) is 6. The van der Waals surface area contributed by atoms with Gasteiger partial charge in [-0.25, -0.2) is 9.78 Å². The zero-order valence-electron chi connectivity index (χ0n) is 20.7. The maximum Gasteiger partial charge on any atom is 0.410 e. The molecule has 1 saturated heterocycles. The quantitative estimate of drug-likeness (QED) is 0.549. The number of amides is 2. The second kappa shape index (κ2) is 10.3. The number of nitrogens with zero attached hydrogens (tertiary/aromatic N) is 4. The molecule has 9 heteroatoms. The molecule has 2 fully saturated rings. The Kier molecular flexibility index (Phi) is 7.42. The first-order valence-corrected chi connectivity index (χ1v) is 12.1.